The van der Waals surface area contributed by atoms with Crippen molar-refractivity contribution in [2.24, 2.45) is 11.8 Å². The monoisotopic (exact) mass is 256 g/mol. The van der Waals surface area contributed by atoms with Crippen molar-refractivity contribution in [2.45, 2.75) is 31.8 Å². The molecule has 0 aromatic heterocycles. The molecule has 0 aliphatic carbocycles. The highest BCUT2D eigenvalue weighted by Gasteiger charge is 2.25. The second kappa shape index (κ2) is 7.07. The molecule has 2 saturated heterocycles. The van der Waals surface area contributed by atoms with E-state index in [1.54, 1.807) is 0 Å². The van der Waals surface area contributed by atoms with Crippen molar-refractivity contribution in [2.75, 3.05) is 32.8 Å². The number of carbonyl (C=O) groups excluding carboxylic acids is 1. The molecule has 3 N–H and O–H groups in total. The van der Waals surface area contributed by atoms with Crippen LogP contribution in [0.25, 0.3) is 0 Å². The summed E-state index contributed by atoms with van der Waals surface area (Å²) in [6, 6.07) is 0. The Labute approximate surface area is 108 Å². The molecule has 0 bridgehead atoms. The van der Waals surface area contributed by atoms with Crippen LogP contribution in [0, 0.1) is 11.8 Å². The van der Waals surface area contributed by atoms with E-state index in [1.165, 1.54) is 0 Å². The van der Waals surface area contributed by atoms with E-state index in [2.05, 4.69) is 10.6 Å². The van der Waals surface area contributed by atoms with Crippen LogP contribution >= 0.6 is 0 Å². The van der Waals surface area contributed by atoms with E-state index in [9.17, 15) is 9.90 Å². The molecular formula is C13H24N2O3. The van der Waals surface area contributed by atoms with E-state index < -0.39 is 0 Å². The lowest BCUT2D eigenvalue weighted by Gasteiger charge is -2.21. The quantitative estimate of drug-likeness (QED) is 0.642. The van der Waals surface area contributed by atoms with Gasteiger partial charge < -0.3 is 20.5 Å². The zero-order valence-corrected chi connectivity index (χ0v) is 10.9. The van der Waals surface area contributed by atoms with Crippen molar-refractivity contribution < 1.29 is 14.6 Å². The lowest BCUT2D eigenvalue weighted by molar-refractivity contribution is -0.121. The molecule has 104 valence electrons. The summed E-state index contributed by atoms with van der Waals surface area (Å²) in [5.74, 6) is 0.917. The van der Waals surface area contributed by atoms with E-state index in [0.29, 0.717) is 25.4 Å². The van der Waals surface area contributed by atoms with E-state index in [0.717, 1.165) is 39.0 Å². The van der Waals surface area contributed by atoms with Crippen LogP contribution in [-0.4, -0.2) is 50.0 Å². The highest BCUT2D eigenvalue weighted by Crippen LogP contribution is 2.19. The van der Waals surface area contributed by atoms with Crippen LogP contribution in [-0.2, 0) is 9.53 Å². The highest BCUT2D eigenvalue weighted by molar-refractivity contribution is 5.75. The maximum absolute atomic E-state index is 11.7. The molecule has 2 rings (SSSR count). The Bertz CT molecular complexity index is 267. The zero-order chi connectivity index (χ0) is 12.8. The molecule has 18 heavy (non-hydrogen) atoms. The molecule has 2 fully saturated rings. The summed E-state index contributed by atoms with van der Waals surface area (Å²) in [5, 5.41) is 15.6. The summed E-state index contributed by atoms with van der Waals surface area (Å²) in [4.78, 5) is 11.7. The number of carbonyl (C=O) groups is 1. The van der Waals surface area contributed by atoms with Gasteiger partial charge in [-0.25, -0.2) is 0 Å². The van der Waals surface area contributed by atoms with Gasteiger partial charge in [0.05, 0.1) is 6.10 Å². The average Bonchev–Trinajstić information content (AvgIpc) is 2.81. The molecule has 0 spiro atoms. The van der Waals surface area contributed by atoms with Gasteiger partial charge in [0.1, 0.15) is 0 Å². The number of nitrogens with one attached hydrogen (secondary N) is 2. The molecule has 2 heterocycles. The fourth-order valence-electron chi connectivity index (χ4n) is 2.63. The first kappa shape index (κ1) is 13.8. The molecule has 0 aromatic rings. The van der Waals surface area contributed by atoms with Gasteiger partial charge in [-0.2, -0.15) is 0 Å². The van der Waals surface area contributed by atoms with Crippen molar-refractivity contribution >= 4 is 5.91 Å². The summed E-state index contributed by atoms with van der Waals surface area (Å²) in [7, 11) is 0. The molecule has 2 unspecified atom stereocenters. The van der Waals surface area contributed by atoms with Crippen LogP contribution in [0.1, 0.15) is 25.7 Å². The molecule has 0 aromatic carbocycles. The molecule has 5 heteroatoms. The third kappa shape index (κ3) is 4.23. The molecule has 0 saturated carbocycles. The summed E-state index contributed by atoms with van der Waals surface area (Å²) in [6.07, 6.45) is 3.40. The lowest BCUT2D eigenvalue weighted by Crippen LogP contribution is -2.34. The summed E-state index contributed by atoms with van der Waals surface area (Å²) in [5.41, 5.74) is 0. The number of aliphatic hydroxyl groups is 1. The van der Waals surface area contributed by atoms with Gasteiger partial charge >= 0.3 is 0 Å². The topological polar surface area (TPSA) is 70.6 Å². The third-order valence-corrected chi connectivity index (χ3v) is 3.99. The number of rotatable bonds is 5. The SMILES string of the molecule is O=C(CCC1CCOCC1)NCC1CNCC1O. The van der Waals surface area contributed by atoms with Gasteiger partial charge in [0.2, 0.25) is 5.91 Å². The van der Waals surface area contributed by atoms with Gasteiger partial charge in [0, 0.05) is 45.2 Å². The minimum absolute atomic E-state index is 0.112. The number of ether oxygens (including phenoxy) is 1. The standard InChI is InChI=1S/C13H24N2O3/c16-12-9-14-7-11(12)8-15-13(17)2-1-10-3-5-18-6-4-10/h10-12,14,16H,1-9H2,(H,15,17). The number of hydrogen-bond donors (Lipinski definition) is 3. The zero-order valence-electron chi connectivity index (χ0n) is 10.9. The van der Waals surface area contributed by atoms with Crippen LogP contribution in [0.5, 0.6) is 0 Å². The molecule has 0 radical (unpaired) electrons. The number of β-amino-alcohol motifs (C(OH)–C–C–N with tert-alkyl or cyclic N) is 1. The Hall–Kier alpha value is -0.650. The Morgan fingerprint density at radius 2 is 2.11 bits per heavy atom. The van der Waals surface area contributed by atoms with Gasteiger partial charge in [-0.05, 0) is 25.2 Å². The fourth-order valence-corrected chi connectivity index (χ4v) is 2.63. The normalized spacial score (nSPS) is 29.4. The summed E-state index contributed by atoms with van der Waals surface area (Å²) >= 11 is 0. The first-order valence-corrected chi connectivity index (χ1v) is 6.99. The number of aliphatic hydroxyl groups excluding tert-OH is 1. The van der Waals surface area contributed by atoms with E-state index in [4.69, 9.17) is 4.74 Å². The molecule has 2 atom stereocenters. The lowest BCUT2D eigenvalue weighted by atomic mass is 9.95. The minimum atomic E-state index is -0.319. The van der Waals surface area contributed by atoms with Gasteiger partial charge in [-0.15, -0.1) is 0 Å². The molecule has 2 aliphatic rings. The largest absolute Gasteiger partial charge is 0.391 e. The van der Waals surface area contributed by atoms with Crippen molar-refractivity contribution in [3.05, 3.63) is 0 Å². The smallest absolute Gasteiger partial charge is 0.220 e. The minimum Gasteiger partial charge on any atom is -0.391 e. The maximum Gasteiger partial charge on any atom is 0.220 e. The van der Waals surface area contributed by atoms with Gasteiger partial charge in [0.15, 0.2) is 0 Å². The summed E-state index contributed by atoms with van der Waals surface area (Å²) in [6.45, 7) is 3.70. The van der Waals surface area contributed by atoms with Crippen molar-refractivity contribution in [3.8, 4) is 0 Å². The predicted octanol–water partition coefficient (Wildman–Crippen LogP) is -0.110. The Balaban J connectivity index is 1.57. The van der Waals surface area contributed by atoms with Crippen molar-refractivity contribution in [1.82, 2.24) is 10.6 Å². The first-order valence-electron chi connectivity index (χ1n) is 6.99. The second-order valence-electron chi connectivity index (χ2n) is 5.38. The van der Waals surface area contributed by atoms with E-state index in [1.807, 2.05) is 0 Å². The predicted molar refractivity (Wildman–Crippen MR) is 68.2 cm³/mol. The molecule has 2 aliphatic heterocycles. The van der Waals surface area contributed by atoms with Crippen molar-refractivity contribution in [1.29, 1.82) is 0 Å². The van der Waals surface area contributed by atoms with Crippen LogP contribution in [0.15, 0.2) is 0 Å². The van der Waals surface area contributed by atoms with Gasteiger partial charge in [0.25, 0.3) is 0 Å². The second-order valence-corrected chi connectivity index (χ2v) is 5.38. The van der Waals surface area contributed by atoms with Crippen molar-refractivity contribution in [3.63, 3.8) is 0 Å². The number of hydrogen-bond acceptors (Lipinski definition) is 4. The van der Waals surface area contributed by atoms with Crippen LogP contribution in [0.3, 0.4) is 0 Å². The first-order chi connectivity index (χ1) is 8.75. The molecular weight excluding hydrogens is 232 g/mol. The van der Waals surface area contributed by atoms with Crippen LogP contribution in [0.2, 0.25) is 0 Å². The number of amides is 1. The molecule has 5 nitrogen and oxygen atoms in total. The Morgan fingerprint density at radius 1 is 1.33 bits per heavy atom. The van der Waals surface area contributed by atoms with E-state index >= 15 is 0 Å². The van der Waals surface area contributed by atoms with Gasteiger partial charge in [-0.3, -0.25) is 4.79 Å². The van der Waals surface area contributed by atoms with Crippen LogP contribution in [0.4, 0.5) is 0 Å². The highest BCUT2D eigenvalue weighted by atomic mass is 16.5. The molecule has 1 amide bonds. The summed E-state index contributed by atoms with van der Waals surface area (Å²) < 4.78 is 5.30. The van der Waals surface area contributed by atoms with E-state index in [-0.39, 0.29) is 17.9 Å². The van der Waals surface area contributed by atoms with Crippen LogP contribution < -0.4 is 10.6 Å². The maximum atomic E-state index is 11.7. The van der Waals surface area contributed by atoms with Gasteiger partial charge in [-0.1, -0.05) is 0 Å². The Kier molecular flexibility index (Phi) is 5.41. The fraction of sp³-hybridized carbons (Fsp3) is 0.923. The average molecular weight is 256 g/mol. The Morgan fingerprint density at radius 3 is 2.78 bits per heavy atom. The third-order valence-electron chi connectivity index (χ3n) is 3.99.